The van der Waals surface area contributed by atoms with Crippen LogP contribution in [0.25, 0.3) is 17.4 Å². The highest BCUT2D eigenvalue weighted by molar-refractivity contribution is 6.31. The van der Waals surface area contributed by atoms with Crippen molar-refractivity contribution in [3.63, 3.8) is 0 Å². The summed E-state index contributed by atoms with van der Waals surface area (Å²) in [6.45, 7) is 2.04. The van der Waals surface area contributed by atoms with Gasteiger partial charge in [-0.1, -0.05) is 31.4 Å². The molecule has 1 aromatic carbocycles. The van der Waals surface area contributed by atoms with Crippen molar-refractivity contribution in [2.45, 2.75) is 45.1 Å². The molecule has 0 atom stereocenters. The molecule has 2 fully saturated rings. The van der Waals surface area contributed by atoms with Crippen molar-refractivity contribution in [1.29, 1.82) is 0 Å². The number of furan rings is 1. The number of esters is 1. The fourth-order valence-electron chi connectivity index (χ4n) is 4.05. The number of carbonyl (C=O) groups is 4. The lowest BCUT2D eigenvalue weighted by Crippen LogP contribution is -2.58. The monoisotopic (exact) mass is 436 g/mol. The highest BCUT2D eigenvalue weighted by Gasteiger charge is 2.40. The summed E-state index contributed by atoms with van der Waals surface area (Å²) in [7, 11) is 0. The van der Waals surface area contributed by atoms with Crippen LogP contribution in [0.5, 0.6) is 0 Å². The maximum absolute atomic E-state index is 13.0. The maximum Gasteiger partial charge on any atom is 0.338 e. The number of hydrogen-bond donors (Lipinski definition) is 1. The number of ether oxygens (including phenoxy) is 1. The second-order valence-corrected chi connectivity index (χ2v) is 7.78. The Morgan fingerprint density at radius 2 is 1.81 bits per heavy atom. The molecule has 0 radical (unpaired) electrons. The first-order valence-corrected chi connectivity index (χ1v) is 10.8. The Labute approximate surface area is 185 Å². The van der Waals surface area contributed by atoms with Crippen LogP contribution in [0.15, 0.2) is 46.4 Å². The molecule has 0 unspecified atom stereocenters. The number of nitrogens with one attached hydrogen (secondary N) is 1. The first kappa shape index (κ1) is 21.5. The summed E-state index contributed by atoms with van der Waals surface area (Å²) in [6.07, 6.45) is 5.82. The third-order valence-corrected chi connectivity index (χ3v) is 5.67. The van der Waals surface area contributed by atoms with Crippen LogP contribution in [0, 0.1) is 0 Å². The van der Waals surface area contributed by atoms with E-state index in [9.17, 15) is 19.2 Å². The van der Waals surface area contributed by atoms with Gasteiger partial charge >= 0.3 is 12.0 Å². The number of nitrogens with zero attached hydrogens (tertiary/aromatic N) is 1. The minimum Gasteiger partial charge on any atom is -0.462 e. The molecule has 1 saturated heterocycles. The van der Waals surface area contributed by atoms with Crippen molar-refractivity contribution in [3.05, 3.63) is 53.3 Å². The van der Waals surface area contributed by atoms with Crippen molar-refractivity contribution in [1.82, 2.24) is 10.2 Å². The molecule has 1 aliphatic heterocycles. The van der Waals surface area contributed by atoms with Gasteiger partial charge in [0.2, 0.25) is 0 Å². The number of urea groups is 1. The van der Waals surface area contributed by atoms with Gasteiger partial charge in [0, 0.05) is 11.6 Å². The molecule has 1 saturated carbocycles. The van der Waals surface area contributed by atoms with Gasteiger partial charge in [-0.2, -0.15) is 0 Å². The lowest BCUT2D eigenvalue weighted by Gasteiger charge is -2.35. The van der Waals surface area contributed by atoms with Crippen molar-refractivity contribution in [3.8, 4) is 11.3 Å². The van der Waals surface area contributed by atoms with Gasteiger partial charge in [-0.05, 0) is 50.1 Å². The van der Waals surface area contributed by atoms with Gasteiger partial charge in [0.25, 0.3) is 11.8 Å². The normalized spacial score (nSPS) is 18.7. The SMILES string of the molecule is CCOC(=O)c1ccc(-c2ccc(/C=C3\C(=O)NC(=O)N(C4CCCCC4)C3=O)o2)cc1. The molecule has 4 amide bonds. The Morgan fingerprint density at radius 3 is 2.50 bits per heavy atom. The Kier molecular flexibility index (Phi) is 6.20. The van der Waals surface area contributed by atoms with Crippen LogP contribution in [0.3, 0.4) is 0 Å². The Balaban J connectivity index is 1.55. The molecule has 2 aromatic rings. The van der Waals surface area contributed by atoms with E-state index < -0.39 is 23.8 Å². The van der Waals surface area contributed by atoms with E-state index in [1.807, 2.05) is 0 Å². The van der Waals surface area contributed by atoms with Crippen LogP contribution < -0.4 is 5.32 Å². The summed E-state index contributed by atoms with van der Waals surface area (Å²) in [6, 6.07) is 9.22. The van der Waals surface area contributed by atoms with E-state index in [0.29, 0.717) is 23.7 Å². The zero-order valence-corrected chi connectivity index (χ0v) is 17.8. The van der Waals surface area contributed by atoms with Crippen LogP contribution in [0.2, 0.25) is 0 Å². The minimum absolute atomic E-state index is 0.131. The van der Waals surface area contributed by atoms with Gasteiger partial charge in [0.1, 0.15) is 17.1 Å². The van der Waals surface area contributed by atoms with Crippen LogP contribution in [-0.2, 0) is 14.3 Å². The van der Waals surface area contributed by atoms with Gasteiger partial charge in [0.05, 0.1) is 12.2 Å². The molecule has 8 nitrogen and oxygen atoms in total. The van der Waals surface area contributed by atoms with E-state index in [4.69, 9.17) is 9.15 Å². The molecule has 1 aliphatic carbocycles. The number of carbonyl (C=O) groups excluding carboxylic acids is 4. The van der Waals surface area contributed by atoms with Crippen molar-refractivity contribution in [2.75, 3.05) is 6.61 Å². The average molecular weight is 436 g/mol. The van der Waals surface area contributed by atoms with Gasteiger partial charge in [-0.3, -0.25) is 19.8 Å². The third-order valence-electron chi connectivity index (χ3n) is 5.67. The first-order chi connectivity index (χ1) is 15.5. The highest BCUT2D eigenvalue weighted by atomic mass is 16.5. The number of benzene rings is 1. The van der Waals surface area contributed by atoms with Crippen LogP contribution in [0.4, 0.5) is 4.79 Å². The van der Waals surface area contributed by atoms with Gasteiger partial charge < -0.3 is 9.15 Å². The smallest absolute Gasteiger partial charge is 0.338 e. The van der Waals surface area contributed by atoms with E-state index in [1.165, 1.54) is 11.0 Å². The first-order valence-electron chi connectivity index (χ1n) is 10.8. The van der Waals surface area contributed by atoms with Gasteiger partial charge in [-0.15, -0.1) is 0 Å². The quantitative estimate of drug-likeness (QED) is 0.433. The average Bonchev–Trinajstić information content (AvgIpc) is 3.26. The van der Waals surface area contributed by atoms with Gasteiger partial charge in [0.15, 0.2) is 0 Å². The standard InChI is InChI=1S/C24H24N2O6/c1-2-31-23(29)16-10-8-15(9-11-16)20-13-12-18(32-20)14-19-21(27)25-24(30)26(22(19)28)17-6-4-3-5-7-17/h8-14,17H,2-7H2,1H3,(H,25,27,30)/b19-14+. The van der Waals surface area contributed by atoms with Gasteiger partial charge in [-0.25, -0.2) is 9.59 Å². The molecule has 1 aromatic heterocycles. The molecule has 2 heterocycles. The largest absolute Gasteiger partial charge is 0.462 e. The lowest BCUT2D eigenvalue weighted by molar-refractivity contribution is -0.132. The molecule has 1 N–H and O–H groups in total. The second-order valence-electron chi connectivity index (χ2n) is 7.78. The fourth-order valence-corrected chi connectivity index (χ4v) is 4.05. The molecule has 4 rings (SSSR count). The third kappa shape index (κ3) is 4.34. The fraction of sp³-hybridized carbons (Fsp3) is 0.333. The van der Waals surface area contributed by atoms with E-state index in [-0.39, 0.29) is 11.6 Å². The number of hydrogen-bond acceptors (Lipinski definition) is 6. The second kappa shape index (κ2) is 9.21. The highest BCUT2D eigenvalue weighted by Crippen LogP contribution is 2.28. The summed E-state index contributed by atoms with van der Waals surface area (Å²) in [4.78, 5) is 50.6. The van der Waals surface area contributed by atoms with Crippen LogP contribution >= 0.6 is 0 Å². The van der Waals surface area contributed by atoms with Crippen molar-refractivity contribution < 1.29 is 28.3 Å². The Bertz CT molecular complexity index is 1080. The number of barbiturate groups is 1. The summed E-state index contributed by atoms with van der Waals surface area (Å²) >= 11 is 0. The topological polar surface area (TPSA) is 106 Å². The molecular formula is C24H24N2O6. The van der Waals surface area contributed by atoms with E-state index in [2.05, 4.69) is 5.32 Å². The van der Waals surface area contributed by atoms with Crippen molar-refractivity contribution >= 4 is 29.9 Å². The molecule has 0 spiro atoms. The molecule has 32 heavy (non-hydrogen) atoms. The molecule has 166 valence electrons. The van der Waals surface area contributed by atoms with Crippen molar-refractivity contribution in [2.24, 2.45) is 0 Å². The summed E-state index contributed by atoms with van der Waals surface area (Å²) < 4.78 is 10.8. The number of rotatable bonds is 5. The summed E-state index contributed by atoms with van der Waals surface area (Å²) in [5.74, 6) is -0.906. The molecule has 8 heteroatoms. The predicted octanol–water partition coefficient (Wildman–Crippen LogP) is 3.92. The lowest BCUT2D eigenvalue weighted by atomic mass is 9.93. The predicted molar refractivity (Wildman–Crippen MR) is 115 cm³/mol. The molecule has 0 bridgehead atoms. The Morgan fingerprint density at radius 1 is 1.09 bits per heavy atom. The zero-order valence-electron chi connectivity index (χ0n) is 17.8. The number of amides is 4. The molecule has 2 aliphatic rings. The minimum atomic E-state index is -0.733. The van der Waals surface area contributed by atoms with Crippen LogP contribution in [0.1, 0.15) is 55.1 Å². The molecular weight excluding hydrogens is 412 g/mol. The zero-order chi connectivity index (χ0) is 22.7. The summed E-state index contributed by atoms with van der Waals surface area (Å²) in [5, 5.41) is 2.27. The number of imide groups is 2. The van der Waals surface area contributed by atoms with E-state index in [1.54, 1.807) is 43.3 Å². The van der Waals surface area contributed by atoms with Crippen LogP contribution in [-0.4, -0.2) is 41.4 Å². The van der Waals surface area contributed by atoms with E-state index in [0.717, 1.165) is 37.7 Å². The summed E-state index contributed by atoms with van der Waals surface area (Å²) in [5.41, 5.74) is 1.02. The Hall–Kier alpha value is -3.68. The maximum atomic E-state index is 13.0. The van der Waals surface area contributed by atoms with E-state index >= 15 is 0 Å².